The van der Waals surface area contributed by atoms with Crippen molar-refractivity contribution in [1.82, 2.24) is 9.97 Å². The second kappa shape index (κ2) is 7.46. The summed E-state index contributed by atoms with van der Waals surface area (Å²) < 4.78 is 2.41. The Morgan fingerprint density at radius 2 is 1.19 bits per heavy atom. The van der Waals surface area contributed by atoms with E-state index in [-0.39, 0.29) is 0 Å². The molecule has 2 heterocycles. The van der Waals surface area contributed by atoms with Gasteiger partial charge in [-0.1, -0.05) is 37.8 Å². The standard InChI is InChI=1S/C22H18N2S2/c1-3-5-7-9-19-23-17-13-11-16-15(21(17)25-19)12-14-18-22(16)26-20(24-18)10-8-6-4-2/h11-14H,3-6H2,1-2H3. The lowest BCUT2D eigenvalue weighted by atomic mass is 10.1. The number of unbranched alkanes of at least 4 members (excludes halogenated alkanes) is 2. The van der Waals surface area contributed by atoms with Gasteiger partial charge in [0.1, 0.15) is 0 Å². The van der Waals surface area contributed by atoms with Crippen LogP contribution in [0.3, 0.4) is 0 Å². The van der Waals surface area contributed by atoms with Crippen molar-refractivity contribution >= 4 is 53.9 Å². The van der Waals surface area contributed by atoms with Crippen LogP contribution in [0.2, 0.25) is 0 Å². The molecule has 0 aliphatic carbocycles. The molecule has 0 aliphatic rings. The van der Waals surface area contributed by atoms with Crippen LogP contribution in [0.15, 0.2) is 24.3 Å². The minimum absolute atomic E-state index is 0.900. The van der Waals surface area contributed by atoms with E-state index in [0.29, 0.717) is 0 Å². The van der Waals surface area contributed by atoms with Crippen LogP contribution >= 0.6 is 22.7 Å². The van der Waals surface area contributed by atoms with Crippen molar-refractivity contribution in [1.29, 1.82) is 0 Å². The lowest BCUT2D eigenvalue weighted by Gasteiger charge is -1.99. The largest absolute Gasteiger partial charge is 0.228 e. The highest BCUT2D eigenvalue weighted by Gasteiger charge is 2.11. The Kier molecular flexibility index (Phi) is 4.89. The number of rotatable bonds is 2. The third-order valence-corrected chi connectivity index (χ3v) is 6.08. The molecular formula is C22H18N2S2. The predicted molar refractivity (Wildman–Crippen MR) is 114 cm³/mol. The number of aromatic nitrogens is 2. The van der Waals surface area contributed by atoms with Crippen LogP contribution < -0.4 is 0 Å². The first-order chi connectivity index (χ1) is 12.8. The number of hydrogen-bond acceptors (Lipinski definition) is 4. The molecule has 0 amide bonds. The van der Waals surface area contributed by atoms with Crippen molar-refractivity contribution < 1.29 is 0 Å². The van der Waals surface area contributed by atoms with Gasteiger partial charge in [0, 0.05) is 23.6 Å². The molecule has 2 aromatic heterocycles. The van der Waals surface area contributed by atoms with E-state index in [1.807, 2.05) is 0 Å². The molecule has 0 saturated heterocycles. The van der Waals surface area contributed by atoms with Gasteiger partial charge in [-0.05, 0) is 36.8 Å². The molecule has 0 fully saturated rings. The molecule has 0 bridgehead atoms. The first kappa shape index (κ1) is 17.0. The maximum absolute atomic E-state index is 4.68. The number of thiazole rings is 2. The van der Waals surface area contributed by atoms with E-state index in [1.54, 1.807) is 22.7 Å². The van der Waals surface area contributed by atoms with Gasteiger partial charge >= 0.3 is 0 Å². The van der Waals surface area contributed by atoms with E-state index in [0.717, 1.165) is 46.7 Å². The lowest BCUT2D eigenvalue weighted by molar-refractivity contribution is 0.983. The second-order valence-electron chi connectivity index (χ2n) is 6.06. The van der Waals surface area contributed by atoms with Crippen LogP contribution in [-0.2, 0) is 0 Å². The number of benzene rings is 2. The minimum atomic E-state index is 0.900. The van der Waals surface area contributed by atoms with Crippen molar-refractivity contribution in [2.24, 2.45) is 0 Å². The summed E-state index contributed by atoms with van der Waals surface area (Å²) in [5.74, 6) is 12.8. The highest BCUT2D eigenvalue weighted by molar-refractivity contribution is 7.21. The zero-order chi connectivity index (χ0) is 17.9. The van der Waals surface area contributed by atoms with Crippen molar-refractivity contribution in [3.63, 3.8) is 0 Å². The van der Waals surface area contributed by atoms with Gasteiger partial charge in [-0.3, -0.25) is 0 Å². The molecule has 2 aromatic carbocycles. The molecule has 0 saturated carbocycles. The Labute approximate surface area is 161 Å². The number of fused-ring (bicyclic) bond motifs is 5. The summed E-state index contributed by atoms with van der Waals surface area (Å²) in [5.41, 5.74) is 2.05. The van der Waals surface area contributed by atoms with Crippen LogP contribution in [0, 0.1) is 23.7 Å². The van der Waals surface area contributed by atoms with Crippen molar-refractivity contribution in [2.45, 2.75) is 39.5 Å². The molecule has 4 rings (SSSR count). The van der Waals surface area contributed by atoms with Crippen LogP contribution in [0.5, 0.6) is 0 Å². The van der Waals surface area contributed by atoms with E-state index in [1.165, 1.54) is 20.2 Å². The number of nitrogens with zero attached hydrogens (tertiary/aromatic N) is 2. The zero-order valence-electron chi connectivity index (χ0n) is 14.8. The Morgan fingerprint density at radius 1 is 0.731 bits per heavy atom. The van der Waals surface area contributed by atoms with Crippen LogP contribution in [0.4, 0.5) is 0 Å². The summed E-state index contributed by atoms with van der Waals surface area (Å²) in [5, 5.41) is 4.26. The van der Waals surface area contributed by atoms with Gasteiger partial charge in [-0.2, -0.15) is 0 Å². The summed E-state index contributed by atoms with van der Waals surface area (Å²) >= 11 is 3.36. The molecule has 0 N–H and O–H groups in total. The van der Waals surface area contributed by atoms with Crippen molar-refractivity contribution in [2.75, 3.05) is 0 Å². The Balaban J connectivity index is 1.85. The smallest absolute Gasteiger partial charge is 0.168 e. The molecule has 4 aromatic rings. The van der Waals surface area contributed by atoms with E-state index in [9.17, 15) is 0 Å². The quantitative estimate of drug-likeness (QED) is 0.381. The maximum Gasteiger partial charge on any atom is 0.168 e. The van der Waals surface area contributed by atoms with Gasteiger partial charge in [-0.15, -0.1) is 22.7 Å². The fraction of sp³-hybridized carbons (Fsp3) is 0.273. The van der Waals surface area contributed by atoms with Gasteiger partial charge in [0.05, 0.1) is 20.4 Å². The predicted octanol–water partition coefficient (Wildman–Crippen LogP) is 6.36. The third-order valence-electron chi connectivity index (χ3n) is 4.04. The fourth-order valence-corrected chi connectivity index (χ4v) is 4.74. The van der Waals surface area contributed by atoms with Crippen LogP contribution in [0.1, 0.15) is 49.5 Å². The van der Waals surface area contributed by atoms with Gasteiger partial charge in [0.15, 0.2) is 10.0 Å². The third kappa shape index (κ3) is 3.19. The Hall–Kier alpha value is -2.40. The average molecular weight is 375 g/mol. The molecule has 0 atom stereocenters. The van der Waals surface area contributed by atoms with Gasteiger partial charge in [0.2, 0.25) is 0 Å². The zero-order valence-corrected chi connectivity index (χ0v) is 16.5. The fourth-order valence-electron chi connectivity index (χ4n) is 2.81. The monoisotopic (exact) mass is 374 g/mol. The van der Waals surface area contributed by atoms with Gasteiger partial charge in [-0.25, -0.2) is 9.97 Å². The topological polar surface area (TPSA) is 25.8 Å². The molecule has 128 valence electrons. The normalized spacial score (nSPS) is 10.7. The van der Waals surface area contributed by atoms with E-state index < -0.39 is 0 Å². The van der Waals surface area contributed by atoms with Crippen LogP contribution in [0.25, 0.3) is 31.2 Å². The molecule has 26 heavy (non-hydrogen) atoms. The van der Waals surface area contributed by atoms with E-state index in [4.69, 9.17) is 0 Å². The highest BCUT2D eigenvalue weighted by atomic mass is 32.1. The molecule has 4 heteroatoms. The summed E-state index contributed by atoms with van der Waals surface area (Å²) in [4.78, 5) is 9.36. The highest BCUT2D eigenvalue weighted by Crippen LogP contribution is 2.36. The molecular weight excluding hydrogens is 356 g/mol. The molecule has 0 unspecified atom stereocenters. The first-order valence-electron chi connectivity index (χ1n) is 8.90. The van der Waals surface area contributed by atoms with E-state index in [2.05, 4.69) is 71.8 Å². The van der Waals surface area contributed by atoms with Crippen LogP contribution in [-0.4, -0.2) is 9.97 Å². The molecule has 0 spiro atoms. The molecule has 0 aliphatic heterocycles. The second-order valence-corrected chi connectivity index (χ2v) is 8.06. The summed E-state index contributed by atoms with van der Waals surface area (Å²) in [6, 6.07) is 8.51. The van der Waals surface area contributed by atoms with E-state index >= 15 is 0 Å². The van der Waals surface area contributed by atoms with Gasteiger partial charge < -0.3 is 0 Å². The Bertz CT molecular complexity index is 1130. The minimum Gasteiger partial charge on any atom is -0.228 e. The summed E-state index contributed by atoms with van der Waals surface area (Å²) in [6.45, 7) is 4.28. The molecule has 0 radical (unpaired) electrons. The van der Waals surface area contributed by atoms with Crippen molar-refractivity contribution in [3.8, 4) is 23.7 Å². The Morgan fingerprint density at radius 3 is 1.62 bits per heavy atom. The van der Waals surface area contributed by atoms with Crippen molar-refractivity contribution in [3.05, 3.63) is 34.3 Å². The summed E-state index contributed by atoms with van der Waals surface area (Å²) in [6.07, 6.45) is 3.99. The lowest BCUT2D eigenvalue weighted by Crippen LogP contribution is -1.76. The van der Waals surface area contributed by atoms with Gasteiger partial charge in [0.25, 0.3) is 0 Å². The first-order valence-corrected chi connectivity index (χ1v) is 10.5. The average Bonchev–Trinajstić information content (AvgIpc) is 3.25. The molecule has 2 nitrogen and oxygen atoms in total. The maximum atomic E-state index is 4.68. The summed E-state index contributed by atoms with van der Waals surface area (Å²) in [7, 11) is 0. The number of hydrogen-bond donors (Lipinski definition) is 0. The SMILES string of the molecule is CCCC#Cc1nc2ccc3c(ccc4nc(C#CCCC)sc43)c2s1.